The van der Waals surface area contributed by atoms with Crippen molar-refractivity contribution in [3.63, 3.8) is 0 Å². The van der Waals surface area contributed by atoms with E-state index in [2.05, 4.69) is 26.0 Å². The Bertz CT molecular complexity index is 698. The molecule has 116 valence electrons. The molecule has 3 N–H and O–H groups in total. The van der Waals surface area contributed by atoms with Crippen LogP contribution in [0, 0.1) is 0 Å². The van der Waals surface area contributed by atoms with Gasteiger partial charge in [-0.25, -0.2) is 13.1 Å². The maximum atomic E-state index is 12.5. The number of benzene rings is 1. The molecule has 6 nitrogen and oxygen atoms in total. The van der Waals surface area contributed by atoms with Crippen LogP contribution >= 0.6 is 15.9 Å². The highest BCUT2D eigenvalue weighted by molar-refractivity contribution is 9.10. The first-order chi connectivity index (χ1) is 9.53. The fourth-order valence-corrected chi connectivity index (χ4v) is 4.49. The Morgan fingerprint density at radius 2 is 2.05 bits per heavy atom. The number of sulfonamides is 1. The van der Waals surface area contributed by atoms with Crippen molar-refractivity contribution in [2.24, 2.45) is 0 Å². The van der Waals surface area contributed by atoms with E-state index in [0.717, 1.165) is 0 Å². The van der Waals surface area contributed by atoms with E-state index < -0.39 is 21.7 Å². The van der Waals surface area contributed by atoms with Crippen molar-refractivity contribution in [1.82, 2.24) is 4.72 Å². The smallest absolute Gasteiger partial charge is 0.242 e. The Balaban J connectivity index is 2.43. The number of fused-ring (bicyclic) bond motifs is 1. The van der Waals surface area contributed by atoms with Gasteiger partial charge >= 0.3 is 0 Å². The summed E-state index contributed by atoms with van der Waals surface area (Å²) in [7, 11) is -3.83. The van der Waals surface area contributed by atoms with E-state index in [0.29, 0.717) is 15.7 Å². The van der Waals surface area contributed by atoms with E-state index in [1.165, 1.54) is 13.0 Å². The lowest BCUT2D eigenvalue weighted by molar-refractivity contribution is -0.115. The maximum absolute atomic E-state index is 12.5. The van der Waals surface area contributed by atoms with Gasteiger partial charge in [-0.05, 0) is 54.4 Å². The number of anilines is 1. The molecule has 1 amide bonds. The number of hydrogen-bond acceptors (Lipinski definition) is 4. The molecule has 0 saturated heterocycles. The number of hydrogen-bond donors (Lipinski definition) is 3. The minimum Gasteiger partial charge on any atom is -0.391 e. The number of carbonyl (C=O) groups is 1. The zero-order valence-corrected chi connectivity index (χ0v) is 14.3. The number of rotatable bonds is 4. The van der Waals surface area contributed by atoms with Gasteiger partial charge in [0.05, 0.1) is 23.0 Å². The third-order valence-corrected chi connectivity index (χ3v) is 6.14. The molecule has 1 aromatic carbocycles. The van der Waals surface area contributed by atoms with Gasteiger partial charge in [0.25, 0.3) is 0 Å². The summed E-state index contributed by atoms with van der Waals surface area (Å²) in [6.45, 7) is 4.71. The lowest BCUT2D eigenvalue weighted by Gasteiger charge is -2.29. The van der Waals surface area contributed by atoms with E-state index in [9.17, 15) is 18.3 Å². The molecule has 0 bridgehead atoms. The first-order valence-electron chi connectivity index (χ1n) is 6.37. The van der Waals surface area contributed by atoms with Gasteiger partial charge in [0.1, 0.15) is 0 Å². The predicted octanol–water partition coefficient (Wildman–Crippen LogP) is 1.38. The standard InChI is InChI=1S/C13H17BrN2O4S/c1-7(17)13(2,3)16-21(19,20)11-4-8-5-12(18)15-10(8)6-9(11)14/h4,6-7,16-17H,5H2,1-3H3,(H,15,18). The van der Waals surface area contributed by atoms with Crippen LogP contribution in [0.5, 0.6) is 0 Å². The fraction of sp³-hybridized carbons (Fsp3) is 0.462. The summed E-state index contributed by atoms with van der Waals surface area (Å²) < 4.78 is 27.8. The van der Waals surface area contributed by atoms with Gasteiger partial charge in [0, 0.05) is 10.2 Å². The Kier molecular flexibility index (Phi) is 4.18. The number of nitrogens with one attached hydrogen (secondary N) is 2. The second kappa shape index (κ2) is 5.35. The third-order valence-electron chi connectivity index (χ3n) is 3.51. The maximum Gasteiger partial charge on any atom is 0.242 e. The van der Waals surface area contributed by atoms with Gasteiger partial charge in [0.15, 0.2) is 0 Å². The normalized spacial score (nSPS) is 16.5. The lowest BCUT2D eigenvalue weighted by Crippen LogP contribution is -2.50. The second-order valence-electron chi connectivity index (χ2n) is 5.67. The molecule has 0 radical (unpaired) electrons. The van der Waals surface area contributed by atoms with E-state index in [-0.39, 0.29) is 17.2 Å². The molecule has 21 heavy (non-hydrogen) atoms. The van der Waals surface area contributed by atoms with Crippen molar-refractivity contribution in [2.45, 2.75) is 43.7 Å². The Labute approximate surface area is 132 Å². The van der Waals surface area contributed by atoms with E-state index >= 15 is 0 Å². The van der Waals surface area contributed by atoms with Crippen LogP contribution < -0.4 is 10.0 Å². The van der Waals surface area contributed by atoms with Crippen molar-refractivity contribution in [1.29, 1.82) is 0 Å². The number of carbonyl (C=O) groups excluding carboxylic acids is 1. The number of aliphatic hydroxyl groups is 1. The molecule has 0 fully saturated rings. The Morgan fingerprint density at radius 3 is 2.62 bits per heavy atom. The molecule has 0 aromatic heterocycles. The lowest BCUT2D eigenvalue weighted by atomic mass is 10.0. The Hall–Kier alpha value is -0.960. The quantitative estimate of drug-likeness (QED) is 0.739. The van der Waals surface area contributed by atoms with E-state index in [1.807, 2.05) is 0 Å². The van der Waals surface area contributed by atoms with Crippen LogP contribution in [-0.4, -0.2) is 31.1 Å². The number of halogens is 1. The van der Waals surface area contributed by atoms with Crippen molar-refractivity contribution in [2.75, 3.05) is 5.32 Å². The summed E-state index contributed by atoms with van der Waals surface area (Å²) in [6, 6.07) is 3.04. The van der Waals surface area contributed by atoms with Crippen LogP contribution in [0.1, 0.15) is 26.3 Å². The first kappa shape index (κ1) is 16.4. The van der Waals surface area contributed by atoms with Crippen LogP contribution in [0.25, 0.3) is 0 Å². The predicted molar refractivity (Wildman–Crippen MR) is 82.6 cm³/mol. The molecule has 0 spiro atoms. The number of amides is 1. The molecule has 1 heterocycles. The van der Waals surface area contributed by atoms with Crippen molar-refractivity contribution < 1.29 is 18.3 Å². The molecule has 1 aliphatic heterocycles. The molecule has 1 unspecified atom stereocenters. The molecule has 1 atom stereocenters. The molecule has 1 aliphatic rings. The zero-order valence-electron chi connectivity index (χ0n) is 11.9. The molecule has 8 heteroatoms. The van der Waals surface area contributed by atoms with Crippen molar-refractivity contribution in [3.05, 3.63) is 22.2 Å². The number of aliphatic hydroxyl groups excluding tert-OH is 1. The average Bonchev–Trinajstić information content (AvgIpc) is 2.65. The monoisotopic (exact) mass is 376 g/mol. The van der Waals surface area contributed by atoms with Crippen LogP contribution in [-0.2, 0) is 21.2 Å². The van der Waals surface area contributed by atoms with Gasteiger partial charge in [-0.3, -0.25) is 4.79 Å². The van der Waals surface area contributed by atoms with Crippen LogP contribution in [0.2, 0.25) is 0 Å². The molecule has 0 aliphatic carbocycles. The summed E-state index contributed by atoms with van der Waals surface area (Å²) in [5.41, 5.74) is 0.241. The Morgan fingerprint density at radius 1 is 1.43 bits per heavy atom. The molecular formula is C13H17BrN2O4S. The second-order valence-corrected chi connectivity index (χ2v) is 8.17. The largest absolute Gasteiger partial charge is 0.391 e. The molecule has 0 saturated carbocycles. The SMILES string of the molecule is CC(O)C(C)(C)NS(=O)(=O)c1cc2c(cc1Br)NC(=O)C2. The molecule has 2 rings (SSSR count). The van der Waals surface area contributed by atoms with Gasteiger partial charge in [0.2, 0.25) is 15.9 Å². The first-order valence-corrected chi connectivity index (χ1v) is 8.65. The van der Waals surface area contributed by atoms with Gasteiger partial charge in [-0.15, -0.1) is 0 Å². The van der Waals surface area contributed by atoms with Crippen LogP contribution in [0.3, 0.4) is 0 Å². The molecular weight excluding hydrogens is 360 g/mol. The summed E-state index contributed by atoms with van der Waals surface area (Å²) in [6.07, 6.45) is -0.700. The summed E-state index contributed by atoms with van der Waals surface area (Å²) in [5.74, 6) is -0.163. The summed E-state index contributed by atoms with van der Waals surface area (Å²) in [4.78, 5) is 11.4. The zero-order chi connectivity index (χ0) is 16.0. The van der Waals surface area contributed by atoms with Gasteiger partial charge in [-0.1, -0.05) is 0 Å². The topological polar surface area (TPSA) is 95.5 Å². The van der Waals surface area contributed by atoms with Crippen LogP contribution in [0.4, 0.5) is 5.69 Å². The minimum atomic E-state index is -3.83. The van der Waals surface area contributed by atoms with E-state index in [1.54, 1.807) is 19.9 Å². The van der Waals surface area contributed by atoms with Crippen molar-refractivity contribution >= 4 is 37.5 Å². The van der Waals surface area contributed by atoms with E-state index in [4.69, 9.17) is 0 Å². The summed E-state index contributed by atoms with van der Waals surface area (Å²) in [5, 5.41) is 12.3. The van der Waals surface area contributed by atoms with Crippen LogP contribution in [0.15, 0.2) is 21.5 Å². The minimum absolute atomic E-state index is 0.0477. The average molecular weight is 377 g/mol. The third kappa shape index (κ3) is 3.28. The highest BCUT2D eigenvalue weighted by atomic mass is 79.9. The van der Waals surface area contributed by atoms with Gasteiger partial charge < -0.3 is 10.4 Å². The highest BCUT2D eigenvalue weighted by Crippen LogP contribution is 2.33. The van der Waals surface area contributed by atoms with Crippen molar-refractivity contribution in [3.8, 4) is 0 Å². The fourth-order valence-electron chi connectivity index (χ4n) is 1.92. The molecule has 1 aromatic rings. The van der Waals surface area contributed by atoms with Gasteiger partial charge in [-0.2, -0.15) is 0 Å². The highest BCUT2D eigenvalue weighted by Gasteiger charge is 2.32. The summed E-state index contributed by atoms with van der Waals surface area (Å²) >= 11 is 3.22.